The molecule has 2 aliphatic rings. The lowest BCUT2D eigenvalue weighted by Crippen LogP contribution is -2.38. The first-order chi connectivity index (χ1) is 8.97. The van der Waals surface area contributed by atoms with Crippen molar-refractivity contribution in [2.45, 2.75) is 55.7 Å². The molecule has 1 heterocycles. The van der Waals surface area contributed by atoms with Gasteiger partial charge in [-0.05, 0) is 30.6 Å². The van der Waals surface area contributed by atoms with Crippen LogP contribution in [0.3, 0.4) is 0 Å². The van der Waals surface area contributed by atoms with E-state index in [4.69, 9.17) is 9.47 Å². The van der Waals surface area contributed by atoms with E-state index in [0.29, 0.717) is 17.8 Å². The Labute approximate surface area is 133 Å². The van der Waals surface area contributed by atoms with Crippen LogP contribution in [0, 0.1) is 17.8 Å². The molecular formula is C14H23IO3S. The number of alkyl halides is 1. The Balaban J connectivity index is 1.92. The lowest BCUT2D eigenvalue weighted by molar-refractivity contribution is -0.162. The van der Waals surface area contributed by atoms with E-state index in [1.807, 2.05) is 0 Å². The minimum absolute atomic E-state index is 0.0775. The third-order valence-corrected chi connectivity index (χ3v) is 6.50. The maximum absolute atomic E-state index is 12.2. The van der Waals surface area contributed by atoms with Gasteiger partial charge in [0.15, 0.2) is 0 Å². The number of carbonyl (C=O) groups is 1. The Morgan fingerprint density at radius 2 is 2.16 bits per heavy atom. The highest BCUT2D eigenvalue weighted by molar-refractivity contribution is 14.1. The Morgan fingerprint density at radius 3 is 2.74 bits per heavy atom. The fourth-order valence-electron chi connectivity index (χ4n) is 2.95. The summed E-state index contributed by atoms with van der Waals surface area (Å²) in [7, 11) is 0. The van der Waals surface area contributed by atoms with E-state index in [0.717, 1.165) is 12.2 Å². The lowest BCUT2D eigenvalue weighted by Gasteiger charge is -2.37. The second-order valence-electron chi connectivity index (χ2n) is 6.01. The van der Waals surface area contributed by atoms with E-state index in [1.54, 1.807) is 11.8 Å². The van der Waals surface area contributed by atoms with E-state index in [9.17, 15) is 4.79 Å². The smallest absolute Gasteiger partial charge is 0.346 e. The molecule has 110 valence electrons. The molecule has 1 aliphatic heterocycles. The Hall–Kier alpha value is 0.510. The summed E-state index contributed by atoms with van der Waals surface area (Å²) >= 11 is 3.77. The van der Waals surface area contributed by atoms with E-state index >= 15 is 0 Å². The van der Waals surface area contributed by atoms with E-state index < -0.39 is 5.44 Å². The van der Waals surface area contributed by atoms with Gasteiger partial charge in [0.2, 0.25) is 5.44 Å². The molecule has 5 atom stereocenters. The van der Waals surface area contributed by atoms with Crippen LogP contribution in [0.15, 0.2) is 0 Å². The van der Waals surface area contributed by atoms with Crippen molar-refractivity contribution >= 4 is 40.3 Å². The first-order valence-corrected chi connectivity index (χ1v) is 9.38. The molecule has 1 unspecified atom stereocenters. The number of esters is 1. The summed E-state index contributed by atoms with van der Waals surface area (Å²) in [5.41, 5.74) is -0.410. The van der Waals surface area contributed by atoms with Crippen molar-refractivity contribution in [2.75, 3.05) is 5.75 Å². The first-order valence-electron chi connectivity index (χ1n) is 7.09. The predicted octanol–water partition coefficient (Wildman–Crippen LogP) is 3.84. The van der Waals surface area contributed by atoms with Crippen molar-refractivity contribution in [1.82, 2.24) is 0 Å². The Bertz CT molecular complexity index is 324. The van der Waals surface area contributed by atoms with Crippen LogP contribution in [0.25, 0.3) is 0 Å². The molecule has 2 rings (SSSR count). The predicted molar refractivity (Wildman–Crippen MR) is 86.4 cm³/mol. The average molecular weight is 398 g/mol. The molecule has 0 radical (unpaired) electrons. The van der Waals surface area contributed by atoms with Crippen LogP contribution < -0.4 is 0 Å². The number of thioether (sulfide) groups is 1. The second-order valence-corrected chi connectivity index (χ2v) is 8.50. The Morgan fingerprint density at radius 1 is 1.42 bits per heavy atom. The number of hydrogen-bond acceptors (Lipinski definition) is 4. The van der Waals surface area contributed by atoms with Crippen LogP contribution in [0.5, 0.6) is 0 Å². The molecule has 19 heavy (non-hydrogen) atoms. The van der Waals surface area contributed by atoms with Crippen molar-refractivity contribution in [2.24, 2.45) is 17.8 Å². The molecule has 3 nitrogen and oxygen atoms in total. The van der Waals surface area contributed by atoms with Gasteiger partial charge in [0.05, 0.1) is 0 Å². The van der Waals surface area contributed by atoms with Crippen LogP contribution in [0.4, 0.5) is 0 Å². The molecule has 0 aromatic rings. The van der Waals surface area contributed by atoms with E-state index in [2.05, 4.69) is 43.4 Å². The lowest BCUT2D eigenvalue weighted by atomic mass is 9.75. The molecule has 0 aromatic carbocycles. The number of hydrogen-bond donors (Lipinski definition) is 0. The molecule has 0 amide bonds. The quantitative estimate of drug-likeness (QED) is 0.411. The summed E-state index contributed by atoms with van der Waals surface area (Å²) < 4.78 is 11.5. The van der Waals surface area contributed by atoms with Crippen molar-refractivity contribution in [3.8, 4) is 0 Å². The van der Waals surface area contributed by atoms with Gasteiger partial charge in [-0.2, -0.15) is 0 Å². The van der Waals surface area contributed by atoms with E-state index in [-0.39, 0.29) is 16.2 Å². The van der Waals surface area contributed by atoms with Crippen molar-refractivity contribution in [3.63, 3.8) is 0 Å². The highest BCUT2D eigenvalue weighted by atomic mass is 127. The molecule has 0 N–H and O–H groups in total. The fourth-order valence-corrected chi connectivity index (χ4v) is 4.88. The minimum Gasteiger partial charge on any atom is -0.459 e. The third kappa shape index (κ3) is 4.24. The monoisotopic (exact) mass is 398 g/mol. The van der Waals surface area contributed by atoms with Crippen LogP contribution >= 0.6 is 34.4 Å². The maximum Gasteiger partial charge on any atom is 0.346 e. The number of halogens is 1. The highest BCUT2D eigenvalue weighted by Crippen LogP contribution is 2.37. The zero-order valence-corrected chi connectivity index (χ0v) is 14.8. The van der Waals surface area contributed by atoms with Gasteiger partial charge in [-0.15, -0.1) is 11.8 Å². The first kappa shape index (κ1) is 15.9. The minimum atomic E-state index is -0.410. The second kappa shape index (κ2) is 6.98. The Kier molecular flexibility index (Phi) is 5.84. The van der Waals surface area contributed by atoms with Crippen LogP contribution in [0.1, 0.15) is 40.0 Å². The van der Waals surface area contributed by atoms with Crippen LogP contribution in [-0.4, -0.2) is 27.4 Å². The SMILES string of the molecule is CC(C)[C@@H]1CC[C@@H](C)C[C@H]1OC(=O)[C@@H]1OC(I)CS1. The zero-order valence-electron chi connectivity index (χ0n) is 11.8. The molecule has 0 bridgehead atoms. The summed E-state index contributed by atoms with van der Waals surface area (Å²) in [5, 5.41) is 0. The van der Waals surface area contributed by atoms with Crippen molar-refractivity contribution in [3.05, 3.63) is 0 Å². The summed E-state index contributed by atoms with van der Waals surface area (Å²) in [6.45, 7) is 6.70. The number of ether oxygens (including phenoxy) is 2. The van der Waals surface area contributed by atoms with Gasteiger partial charge in [0.1, 0.15) is 10.2 Å². The normalized spacial score (nSPS) is 39.5. The topological polar surface area (TPSA) is 35.5 Å². The molecule has 0 spiro atoms. The third-order valence-electron chi connectivity index (χ3n) is 4.07. The largest absolute Gasteiger partial charge is 0.459 e. The molecule has 2 fully saturated rings. The van der Waals surface area contributed by atoms with E-state index in [1.165, 1.54) is 12.8 Å². The molecule has 0 aromatic heterocycles. The molecule has 1 saturated carbocycles. The van der Waals surface area contributed by atoms with Gasteiger partial charge in [0.25, 0.3) is 0 Å². The summed E-state index contributed by atoms with van der Waals surface area (Å²) in [6, 6.07) is 0. The summed E-state index contributed by atoms with van der Waals surface area (Å²) in [6.07, 6.45) is 3.50. The standard InChI is InChI=1S/C14H23IO3S/c1-8(2)10-5-4-9(3)6-11(10)17-13(16)14-18-12(15)7-19-14/h8-12,14H,4-7H2,1-3H3/t9-,10+,11-,12?,14-/m1/s1. The summed E-state index contributed by atoms with van der Waals surface area (Å²) in [5.74, 6) is 2.42. The van der Waals surface area contributed by atoms with Gasteiger partial charge < -0.3 is 9.47 Å². The van der Waals surface area contributed by atoms with Gasteiger partial charge in [0, 0.05) is 5.75 Å². The van der Waals surface area contributed by atoms with Gasteiger partial charge in [-0.25, -0.2) is 4.79 Å². The van der Waals surface area contributed by atoms with Crippen molar-refractivity contribution < 1.29 is 14.3 Å². The van der Waals surface area contributed by atoms with Gasteiger partial charge in [-0.1, -0.05) is 49.8 Å². The zero-order chi connectivity index (χ0) is 14.0. The molecular weight excluding hydrogens is 375 g/mol. The maximum atomic E-state index is 12.2. The van der Waals surface area contributed by atoms with Gasteiger partial charge in [-0.3, -0.25) is 0 Å². The average Bonchev–Trinajstić information content (AvgIpc) is 2.75. The highest BCUT2D eigenvalue weighted by Gasteiger charge is 2.37. The van der Waals surface area contributed by atoms with Crippen LogP contribution in [0.2, 0.25) is 0 Å². The molecule has 1 aliphatic carbocycles. The van der Waals surface area contributed by atoms with Crippen molar-refractivity contribution in [1.29, 1.82) is 0 Å². The molecule has 5 heteroatoms. The number of rotatable bonds is 3. The van der Waals surface area contributed by atoms with Crippen LogP contribution in [-0.2, 0) is 14.3 Å². The number of carbonyl (C=O) groups excluding carboxylic acids is 1. The molecule has 1 saturated heterocycles. The fraction of sp³-hybridized carbons (Fsp3) is 0.929. The van der Waals surface area contributed by atoms with Gasteiger partial charge >= 0.3 is 5.97 Å². The summed E-state index contributed by atoms with van der Waals surface area (Å²) in [4.78, 5) is 12.2.